The highest BCUT2D eigenvalue weighted by Gasteiger charge is 2.27. The highest BCUT2D eigenvalue weighted by Crippen LogP contribution is 2.19. The fraction of sp³-hybridized carbons (Fsp3) is 0.294. The second-order valence-corrected chi connectivity index (χ2v) is 7.73. The summed E-state index contributed by atoms with van der Waals surface area (Å²) in [6.45, 7) is 1.27. The number of ether oxygens (including phenoxy) is 1. The quantitative estimate of drug-likeness (QED) is 0.716. The summed E-state index contributed by atoms with van der Waals surface area (Å²) < 4.78 is 45.9. The van der Waals surface area contributed by atoms with Crippen molar-refractivity contribution >= 4 is 27.6 Å². The molecule has 0 spiro atoms. The van der Waals surface area contributed by atoms with E-state index in [1.54, 1.807) is 13.0 Å². The van der Waals surface area contributed by atoms with Gasteiger partial charge in [0.15, 0.2) is 0 Å². The molecule has 0 fully saturated rings. The lowest BCUT2D eigenvalue weighted by Gasteiger charge is -2.16. The third-order valence-corrected chi connectivity index (χ3v) is 5.46. The maximum Gasteiger partial charge on any atom is 0.354 e. The molecule has 0 bridgehead atoms. The summed E-state index contributed by atoms with van der Waals surface area (Å²) >= 11 is 0. The van der Waals surface area contributed by atoms with Gasteiger partial charge < -0.3 is 14.6 Å². The normalized spacial score (nSPS) is 11.4. The number of carbonyl (C=O) groups is 2. The van der Waals surface area contributed by atoms with Gasteiger partial charge in [-0.3, -0.25) is 4.79 Å². The van der Waals surface area contributed by atoms with Gasteiger partial charge in [-0.1, -0.05) is 12.1 Å². The van der Waals surface area contributed by atoms with Crippen molar-refractivity contribution in [2.45, 2.75) is 11.8 Å². The van der Waals surface area contributed by atoms with Crippen molar-refractivity contribution in [2.24, 2.45) is 7.05 Å². The Labute approximate surface area is 156 Å². The summed E-state index contributed by atoms with van der Waals surface area (Å²) in [4.78, 5) is 23.7. The van der Waals surface area contributed by atoms with E-state index < -0.39 is 34.3 Å². The van der Waals surface area contributed by atoms with Crippen molar-refractivity contribution < 1.29 is 27.1 Å². The molecule has 1 heterocycles. The van der Waals surface area contributed by atoms with Crippen LogP contribution in [0.2, 0.25) is 0 Å². The molecular weight excluding hydrogens is 377 g/mol. The molecule has 1 N–H and O–H groups in total. The van der Waals surface area contributed by atoms with E-state index in [-0.39, 0.29) is 22.9 Å². The fourth-order valence-corrected chi connectivity index (χ4v) is 3.50. The molecule has 0 saturated carbocycles. The number of nitrogens with zero attached hydrogens (tertiary/aromatic N) is 2. The van der Waals surface area contributed by atoms with E-state index in [1.165, 1.54) is 49.1 Å². The first-order valence-electron chi connectivity index (χ1n) is 8.01. The van der Waals surface area contributed by atoms with Gasteiger partial charge in [0.1, 0.15) is 16.4 Å². The first kappa shape index (κ1) is 20.6. The smallest absolute Gasteiger partial charge is 0.354 e. The molecule has 0 atom stereocenters. The monoisotopic (exact) mass is 397 g/mol. The lowest BCUT2D eigenvalue weighted by Crippen LogP contribution is -2.35. The largest absolute Gasteiger partial charge is 0.461 e. The lowest BCUT2D eigenvalue weighted by atomic mass is 10.3. The Bertz CT molecular complexity index is 955. The molecular formula is C17H20FN3O5S. The molecule has 8 nitrogen and oxygen atoms in total. The number of esters is 1. The van der Waals surface area contributed by atoms with Gasteiger partial charge in [0.05, 0.1) is 18.8 Å². The Morgan fingerprint density at radius 1 is 1.30 bits per heavy atom. The summed E-state index contributed by atoms with van der Waals surface area (Å²) in [5, 5.41) is 2.32. The maximum atomic E-state index is 13.6. The second kappa shape index (κ2) is 8.31. The number of benzene rings is 1. The van der Waals surface area contributed by atoms with Crippen LogP contribution in [-0.4, -0.2) is 49.4 Å². The number of nitrogens with one attached hydrogen (secondary N) is 1. The van der Waals surface area contributed by atoms with Crippen LogP contribution >= 0.6 is 0 Å². The summed E-state index contributed by atoms with van der Waals surface area (Å²) in [6.07, 6.45) is 1.26. The number of aryl methyl sites for hydroxylation is 1. The molecule has 146 valence electrons. The first-order valence-corrected chi connectivity index (χ1v) is 9.45. The van der Waals surface area contributed by atoms with Gasteiger partial charge in [-0.25, -0.2) is 17.6 Å². The SMILES string of the molecule is CCOC(=O)c1cc(S(=O)(=O)N(C)CC(=O)Nc2ccccc2F)cn1C. The zero-order chi connectivity index (χ0) is 20.2. The minimum atomic E-state index is -4.04. The molecule has 0 aliphatic carbocycles. The Hall–Kier alpha value is -2.72. The number of sulfonamides is 1. The van der Waals surface area contributed by atoms with Crippen molar-refractivity contribution in [1.82, 2.24) is 8.87 Å². The summed E-state index contributed by atoms with van der Waals surface area (Å²) in [5.41, 5.74) is 0.0252. The van der Waals surface area contributed by atoms with Crippen LogP contribution in [0.25, 0.3) is 0 Å². The van der Waals surface area contributed by atoms with Crippen molar-refractivity contribution in [1.29, 1.82) is 0 Å². The van der Waals surface area contributed by atoms with E-state index >= 15 is 0 Å². The molecule has 2 rings (SSSR count). The van der Waals surface area contributed by atoms with Gasteiger partial charge in [0.2, 0.25) is 15.9 Å². The molecule has 1 aromatic carbocycles. The van der Waals surface area contributed by atoms with Crippen LogP contribution < -0.4 is 5.32 Å². The topological polar surface area (TPSA) is 97.7 Å². The molecule has 10 heteroatoms. The minimum Gasteiger partial charge on any atom is -0.461 e. The van der Waals surface area contributed by atoms with Gasteiger partial charge in [-0.2, -0.15) is 4.31 Å². The third-order valence-electron chi connectivity index (χ3n) is 3.69. The predicted molar refractivity (Wildman–Crippen MR) is 96.2 cm³/mol. The van der Waals surface area contributed by atoms with E-state index in [1.807, 2.05) is 0 Å². The molecule has 0 aliphatic heterocycles. The number of halogens is 1. The predicted octanol–water partition coefficient (Wildman–Crippen LogP) is 1.60. The first-order chi connectivity index (χ1) is 12.7. The molecule has 1 amide bonds. The van der Waals surface area contributed by atoms with E-state index in [9.17, 15) is 22.4 Å². The molecule has 0 unspecified atom stereocenters. The fourth-order valence-electron chi connectivity index (χ4n) is 2.30. The number of para-hydroxylation sites is 1. The minimum absolute atomic E-state index is 0.0439. The van der Waals surface area contributed by atoms with Gasteiger partial charge in [-0.05, 0) is 25.1 Å². The Morgan fingerprint density at radius 2 is 1.96 bits per heavy atom. The Kier molecular flexibility index (Phi) is 6.34. The average Bonchev–Trinajstić information content (AvgIpc) is 2.99. The summed E-state index contributed by atoms with van der Waals surface area (Å²) in [7, 11) is -1.31. The van der Waals surface area contributed by atoms with E-state index in [0.29, 0.717) is 0 Å². The van der Waals surface area contributed by atoms with Crippen LogP contribution in [0.5, 0.6) is 0 Å². The van der Waals surface area contributed by atoms with Gasteiger partial charge in [0.25, 0.3) is 0 Å². The van der Waals surface area contributed by atoms with Crippen molar-refractivity contribution in [2.75, 3.05) is 25.5 Å². The van der Waals surface area contributed by atoms with Gasteiger partial charge in [-0.15, -0.1) is 0 Å². The zero-order valence-corrected chi connectivity index (χ0v) is 15.9. The average molecular weight is 397 g/mol. The number of amides is 1. The van der Waals surface area contributed by atoms with Crippen molar-refractivity contribution in [3.8, 4) is 0 Å². The molecule has 0 saturated heterocycles. The van der Waals surface area contributed by atoms with E-state index in [0.717, 1.165) is 4.31 Å². The zero-order valence-electron chi connectivity index (χ0n) is 15.1. The van der Waals surface area contributed by atoms with E-state index in [4.69, 9.17) is 4.74 Å². The number of aromatic nitrogens is 1. The van der Waals surface area contributed by atoms with E-state index in [2.05, 4.69) is 5.32 Å². The highest BCUT2D eigenvalue weighted by molar-refractivity contribution is 7.89. The molecule has 1 aromatic heterocycles. The second-order valence-electron chi connectivity index (χ2n) is 5.68. The van der Waals surface area contributed by atoms with Crippen LogP contribution in [0.1, 0.15) is 17.4 Å². The van der Waals surface area contributed by atoms with Gasteiger partial charge >= 0.3 is 5.97 Å². The van der Waals surface area contributed by atoms with Crippen LogP contribution in [-0.2, 0) is 26.6 Å². The lowest BCUT2D eigenvalue weighted by molar-refractivity contribution is -0.116. The molecule has 0 aliphatic rings. The van der Waals surface area contributed by atoms with Crippen LogP contribution in [0.4, 0.5) is 10.1 Å². The number of carbonyl (C=O) groups excluding carboxylic acids is 2. The highest BCUT2D eigenvalue weighted by atomic mass is 32.2. The van der Waals surface area contributed by atoms with Crippen LogP contribution in [0.3, 0.4) is 0 Å². The van der Waals surface area contributed by atoms with Crippen molar-refractivity contribution in [3.05, 3.63) is 48.0 Å². The van der Waals surface area contributed by atoms with Crippen molar-refractivity contribution in [3.63, 3.8) is 0 Å². The van der Waals surface area contributed by atoms with Crippen LogP contribution in [0, 0.1) is 5.82 Å². The number of anilines is 1. The van der Waals surface area contributed by atoms with Crippen LogP contribution in [0.15, 0.2) is 41.4 Å². The molecule has 0 radical (unpaired) electrons. The number of hydrogen-bond donors (Lipinski definition) is 1. The maximum absolute atomic E-state index is 13.6. The molecule has 2 aromatic rings. The summed E-state index contributed by atoms with van der Waals surface area (Å²) in [6, 6.07) is 6.73. The number of likely N-dealkylation sites (N-methyl/N-ethyl adjacent to an activating group) is 1. The Morgan fingerprint density at radius 3 is 2.59 bits per heavy atom. The standard InChI is InChI=1S/C17H20FN3O5S/c1-4-26-17(23)15-9-12(10-20(15)2)27(24,25)21(3)11-16(22)19-14-8-6-5-7-13(14)18/h5-10H,4,11H2,1-3H3,(H,19,22). The number of hydrogen-bond acceptors (Lipinski definition) is 5. The third kappa shape index (κ3) is 4.72. The summed E-state index contributed by atoms with van der Waals surface area (Å²) in [5.74, 6) is -1.98. The van der Waals surface area contributed by atoms with Gasteiger partial charge in [0, 0.05) is 20.3 Å². The Balaban J connectivity index is 2.14. The number of rotatable bonds is 7. The molecule has 27 heavy (non-hydrogen) atoms.